The Morgan fingerprint density at radius 3 is 2.39 bits per heavy atom. The number of aromatic carboxylic acids is 1. The molecule has 4 nitrogen and oxygen atoms in total. The molecule has 2 aromatic carbocycles. The molecule has 0 spiro atoms. The van der Waals surface area contributed by atoms with E-state index in [1.165, 1.54) is 0 Å². The van der Waals surface area contributed by atoms with Gasteiger partial charge < -0.3 is 14.6 Å². The van der Waals surface area contributed by atoms with Crippen molar-refractivity contribution in [1.29, 1.82) is 0 Å². The molecule has 0 aliphatic rings. The summed E-state index contributed by atoms with van der Waals surface area (Å²) in [5.74, 6) is -0.904. The van der Waals surface area contributed by atoms with E-state index in [0.717, 1.165) is 54.5 Å². The van der Waals surface area contributed by atoms with Gasteiger partial charge in [-0.2, -0.15) is 0 Å². The Bertz CT molecular complexity index is 946. The summed E-state index contributed by atoms with van der Waals surface area (Å²) in [6, 6.07) is 15.4. The standard InChI is InChI=1S/C23H27ClN2O2/c1-3-25(4-2)14-8-9-15-26-21(17-10-6-5-7-11-17)20-16-18(24)12-13-19(20)22(26)23(27)28/h5-7,10-13,16H,3-4,8-9,14-15H2,1-2H3,(H,27,28). The molecule has 0 unspecified atom stereocenters. The van der Waals surface area contributed by atoms with Gasteiger partial charge in [0.15, 0.2) is 0 Å². The van der Waals surface area contributed by atoms with E-state index in [1.54, 1.807) is 6.07 Å². The van der Waals surface area contributed by atoms with Crippen molar-refractivity contribution < 1.29 is 9.90 Å². The third-order valence-electron chi connectivity index (χ3n) is 5.28. The van der Waals surface area contributed by atoms with E-state index in [-0.39, 0.29) is 0 Å². The summed E-state index contributed by atoms with van der Waals surface area (Å²) in [4.78, 5) is 14.5. The number of carbonyl (C=O) groups is 1. The van der Waals surface area contributed by atoms with Crippen LogP contribution in [0.4, 0.5) is 0 Å². The molecule has 0 saturated carbocycles. The fourth-order valence-electron chi connectivity index (χ4n) is 3.83. The number of hydrogen-bond donors (Lipinski definition) is 1. The number of nitrogens with zero attached hydrogens (tertiary/aromatic N) is 2. The van der Waals surface area contributed by atoms with Gasteiger partial charge in [-0.3, -0.25) is 0 Å². The van der Waals surface area contributed by atoms with Crippen molar-refractivity contribution in [2.24, 2.45) is 0 Å². The van der Waals surface area contributed by atoms with Crippen LogP contribution in [0.15, 0.2) is 48.5 Å². The lowest BCUT2D eigenvalue weighted by Crippen LogP contribution is -2.24. The van der Waals surface area contributed by atoms with Gasteiger partial charge in [0.1, 0.15) is 5.69 Å². The van der Waals surface area contributed by atoms with Crippen LogP contribution >= 0.6 is 11.6 Å². The molecule has 0 saturated heterocycles. The maximum atomic E-state index is 12.1. The number of rotatable bonds is 9. The molecule has 0 atom stereocenters. The second-order valence-corrected chi connectivity index (χ2v) is 7.38. The van der Waals surface area contributed by atoms with E-state index in [4.69, 9.17) is 11.6 Å². The molecule has 0 amide bonds. The first-order valence-corrected chi connectivity index (χ1v) is 10.3. The zero-order valence-electron chi connectivity index (χ0n) is 16.5. The number of hydrogen-bond acceptors (Lipinski definition) is 2. The Morgan fingerprint density at radius 2 is 1.75 bits per heavy atom. The lowest BCUT2D eigenvalue weighted by molar-refractivity contribution is 0.0687. The molecule has 148 valence electrons. The van der Waals surface area contributed by atoms with E-state index in [0.29, 0.717) is 17.3 Å². The Kier molecular flexibility index (Phi) is 6.76. The normalized spacial score (nSPS) is 11.4. The summed E-state index contributed by atoms with van der Waals surface area (Å²) in [7, 11) is 0. The van der Waals surface area contributed by atoms with Crippen LogP contribution in [-0.2, 0) is 6.54 Å². The molecule has 1 heterocycles. The van der Waals surface area contributed by atoms with Gasteiger partial charge in [-0.05, 0) is 50.2 Å². The number of aromatic nitrogens is 1. The smallest absolute Gasteiger partial charge is 0.353 e. The third-order valence-corrected chi connectivity index (χ3v) is 5.52. The molecule has 28 heavy (non-hydrogen) atoms. The van der Waals surface area contributed by atoms with Gasteiger partial charge in [0, 0.05) is 22.3 Å². The first-order chi connectivity index (χ1) is 13.6. The number of carboxylic acid groups (broad SMARTS) is 1. The summed E-state index contributed by atoms with van der Waals surface area (Å²) < 4.78 is 1.96. The van der Waals surface area contributed by atoms with Crippen molar-refractivity contribution >= 4 is 28.3 Å². The van der Waals surface area contributed by atoms with E-state index < -0.39 is 5.97 Å². The monoisotopic (exact) mass is 398 g/mol. The number of carboxylic acids is 1. The Morgan fingerprint density at radius 1 is 1.04 bits per heavy atom. The first kappa shape index (κ1) is 20.4. The Hall–Kier alpha value is -2.30. The maximum Gasteiger partial charge on any atom is 0.353 e. The molecule has 0 bridgehead atoms. The molecule has 1 aromatic heterocycles. The second kappa shape index (κ2) is 9.26. The summed E-state index contributed by atoms with van der Waals surface area (Å²) in [5.41, 5.74) is 2.28. The number of benzene rings is 2. The quantitative estimate of drug-likeness (QED) is 0.464. The van der Waals surface area contributed by atoms with Crippen LogP contribution < -0.4 is 0 Å². The number of fused-ring (bicyclic) bond motifs is 1. The fraction of sp³-hybridized carbons (Fsp3) is 0.348. The van der Waals surface area contributed by atoms with Crippen molar-refractivity contribution in [3.05, 3.63) is 59.2 Å². The van der Waals surface area contributed by atoms with Gasteiger partial charge in [-0.15, -0.1) is 0 Å². The maximum absolute atomic E-state index is 12.1. The predicted molar refractivity (Wildman–Crippen MR) is 116 cm³/mol. The molecule has 1 N–H and O–H groups in total. The summed E-state index contributed by atoms with van der Waals surface area (Å²) in [6.07, 6.45) is 1.95. The second-order valence-electron chi connectivity index (χ2n) is 6.94. The summed E-state index contributed by atoms with van der Waals surface area (Å²) >= 11 is 6.25. The number of unbranched alkanes of at least 4 members (excludes halogenated alkanes) is 1. The third kappa shape index (κ3) is 4.23. The first-order valence-electron chi connectivity index (χ1n) is 9.89. The van der Waals surface area contributed by atoms with Crippen LogP contribution in [0, 0.1) is 0 Å². The minimum Gasteiger partial charge on any atom is -0.477 e. The highest BCUT2D eigenvalue weighted by atomic mass is 35.5. The minimum absolute atomic E-state index is 0.341. The largest absolute Gasteiger partial charge is 0.477 e. The van der Waals surface area contributed by atoms with Crippen molar-refractivity contribution in [1.82, 2.24) is 9.47 Å². The molecule has 0 radical (unpaired) electrons. The summed E-state index contributed by atoms with van der Waals surface area (Å²) in [5, 5.41) is 12.2. The van der Waals surface area contributed by atoms with Crippen LogP contribution in [0.25, 0.3) is 22.0 Å². The molecular weight excluding hydrogens is 372 g/mol. The molecular formula is C23H27ClN2O2. The molecule has 5 heteroatoms. The molecule has 0 aliphatic heterocycles. The van der Waals surface area contributed by atoms with Crippen LogP contribution in [-0.4, -0.2) is 40.2 Å². The van der Waals surface area contributed by atoms with Crippen molar-refractivity contribution in [2.75, 3.05) is 19.6 Å². The average Bonchev–Trinajstić information content (AvgIpc) is 3.02. The topological polar surface area (TPSA) is 45.5 Å². The fourth-order valence-corrected chi connectivity index (χ4v) is 4.00. The average molecular weight is 399 g/mol. The highest BCUT2D eigenvalue weighted by Gasteiger charge is 2.22. The van der Waals surface area contributed by atoms with Crippen molar-refractivity contribution in [3.8, 4) is 11.3 Å². The molecule has 0 aliphatic carbocycles. The highest BCUT2D eigenvalue weighted by molar-refractivity contribution is 6.31. The molecule has 3 rings (SSSR count). The zero-order valence-corrected chi connectivity index (χ0v) is 17.2. The molecule has 3 aromatic rings. The Balaban J connectivity index is 2.03. The lowest BCUT2D eigenvalue weighted by Gasteiger charge is -2.18. The SMILES string of the molecule is CCN(CC)CCCCn1c(C(=O)O)c2ccc(Cl)cc2c1-c1ccccc1. The van der Waals surface area contributed by atoms with E-state index in [1.807, 2.05) is 47.0 Å². The van der Waals surface area contributed by atoms with Gasteiger partial charge in [0.05, 0.1) is 5.69 Å². The van der Waals surface area contributed by atoms with Gasteiger partial charge in [0.25, 0.3) is 0 Å². The van der Waals surface area contributed by atoms with Gasteiger partial charge in [-0.25, -0.2) is 4.79 Å². The van der Waals surface area contributed by atoms with Gasteiger partial charge in [0.2, 0.25) is 0 Å². The van der Waals surface area contributed by atoms with Crippen LogP contribution in [0.2, 0.25) is 5.02 Å². The zero-order chi connectivity index (χ0) is 20.1. The van der Waals surface area contributed by atoms with Crippen LogP contribution in [0.1, 0.15) is 37.2 Å². The highest BCUT2D eigenvalue weighted by Crippen LogP contribution is 2.36. The van der Waals surface area contributed by atoms with Gasteiger partial charge in [-0.1, -0.05) is 61.8 Å². The van der Waals surface area contributed by atoms with Crippen LogP contribution in [0.3, 0.4) is 0 Å². The minimum atomic E-state index is -0.904. The predicted octanol–water partition coefficient (Wildman–Crippen LogP) is 5.78. The van der Waals surface area contributed by atoms with E-state index in [2.05, 4.69) is 18.7 Å². The Labute approximate surface area is 171 Å². The van der Waals surface area contributed by atoms with Crippen molar-refractivity contribution in [3.63, 3.8) is 0 Å². The molecule has 0 fully saturated rings. The van der Waals surface area contributed by atoms with Crippen molar-refractivity contribution in [2.45, 2.75) is 33.2 Å². The summed E-state index contributed by atoms with van der Waals surface area (Å²) in [6.45, 7) is 8.11. The van der Waals surface area contributed by atoms with Gasteiger partial charge >= 0.3 is 5.97 Å². The lowest BCUT2D eigenvalue weighted by atomic mass is 10.1. The van der Waals surface area contributed by atoms with Crippen LogP contribution in [0.5, 0.6) is 0 Å². The number of halogens is 1. The van der Waals surface area contributed by atoms with E-state index >= 15 is 0 Å². The van der Waals surface area contributed by atoms with E-state index in [9.17, 15) is 9.90 Å².